The number of thiophene rings is 2. The predicted molar refractivity (Wildman–Crippen MR) is 131 cm³/mol. The summed E-state index contributed by atoms with van der Waals surface area (Å²) in [6.45, 7) is 7.94. The van der Waals surface area contributed by atoms with E-state index in [0.717, 1.165) is 40.1 Å². The van der Waals surface area contributed by atoms with E-state index >= 15 is 0 Å². The number of esters is 1. The smallest absolute Gasteiger partial charge is 0.341 e. The SMILES string of the molecule is C=CCn1c(SCC(=O)Nc2sc3c(c2C(=O)OC)CCC3)nc2sc(C)c(C)c2c1=O. The number of anilines is 1. The van der Waals surface area contributed by atoms with Crippen LogP contribution in [0.1, 0.15) is 37.7 Å². The van der Waals surface area contributed by atoms with Crippen LogP contribution in [-0.2, 0) is 28.9 Å². The molecule has 3 aromatic heterocycles. The zero-order chi connectivity index (χ0) is 23.0. The average Bonchev–Trinajstić information content (AvgIpc) is 3.42. The van der Waals surface area contributed by atoms with Gasteiger partial charge in [0.1, 0.15) is 9.83 Å². The van der Waals surface area contributed by atoms with Gasteiger partial charge in [-0.3, -0.25) is 14.2 Å². The first-order valence-corrected chi connectivity index (χ1v) is 12.7. The lowest BCUT2D eigenvalue weighted by atomic mass is 10.1. The van der Waals surface area contributed by atoms with E-state index in [4.69, 9.17) is 4.74 Å². The summed E-state index contributed by atoms with van der Waals surface area (Å²) < 4.78 is 6.48. The Morgan fingerprint density at radius 2 is 2.09 bits per heavy atom. The van der Waals surface area contributed by atoms with Gasteiger partial charge in [0, 0.05) is 16.3 Å². The van der Waals surface area contributed by atoms with Gasteiger partial charge in [0.2, 0.25) is 5.91 Å². The molecule has 1 aliphatic rings. The summed E-state index contributed by atoms with van der Waals surface area (Å²) in [7, 11) is 1.34. The number of aryl methyl sites for hydroxylation is 3. The molecule has 32 heavy (non-hydrogen) atoms. The zero-order valence-electron chi connectivity index (χ0n) is 18.1. The Bertz CT molecular complexity index is 1300. The second kappa shape index (κ2) is 9.21. The number of hydrogen-bond donors (Lipinski definition) is 1. The fourth-order valence-electron chi connectivity index (χ4n) is 3.81. The van der Waals surface area contributed by atoms with Crippen molar-refractivity contribution in [3.8, 4) is 0 Å². The van der Waals surface area contributed by atoms with E-state index in [2.05, 4.69) is 16.9 Å². The minimum atomic E-state index is -0.428. The Hall–Kier alpha value is -2.43. The van der Waals surface area contributed by atoms with Crippen molar-refractivity contribution in [2.24, 2.45) is 0 Å². The van der Waals surface area contributed by atoms with Crippen molar-refractivity contribution in [2.45, 2.75) is 44.8 Å². The van der Waals surface area contributed by atoms with Gasteiger partial charge in [-0.25, -0.2) is 9.78 Å². The molecule has 1 amide bonds. The van der Waals surface area contributed by atoms with Crippen LogP contribution in [0.2, 0.25) is 0 Å². The lowest BCUT2D eigenvalue weighted by Crippen LogP contribution is -2.23. The molecule has 7 nitrogen and oxygen atoms in total. The minimum Gasteiger partial charge on any atom is -0.465 e. The third-order valence-electron chi connectivity index (χ3n) is 5.46. The van der Waals surface area contributed by atoms with Crippen LogP contribution in [0.4, 0.5) is 5.00 Å². The summed E-state index contributed by atoms with van der Waals surface area (Å²) in [6, 6.07) is 0. The van der Waals surface area contributed by atoms with Crippen molar-refractivity contribution >= 4 is 61.5 Å². The average molecular weight is 490 g/mol. The molecule has 0 aliphatic heterocycles. The number of methoxy groups -OCH3 is 1. The summed E-state index contributed by atoms with van der Waals surface area (Å²) in [6.07, 6.45) is 4.37. The largest absolute Gasteiger partial charge is 0.465 e. The van der Waals surface area contributed by atoms with E-state index in [1.165, 1.54) is 41.5 Å². The van der Waals surface area contributed by atoms with E-state index in [-0.39, 0.29) is 17.2 Å². The van der Waals surface area contributed by atoms with Crippen molar-refractivity contribution < 1.29 is 14.3 Å². The number of amides is 1. The predicted octanol–water partition coefficient (Wildman–Crippen LogP) is 4.33. The number of carbonyl (C=O) groups excluding carboxylic acids is 2. The molecule has 0 atom stereocenters. The van der Waals surface area contributed by atoms with Crippen molar-refractivity contribution in [3.63, 3.8) is 0 Å². The van der Waals surface area contributed by atoms with Crippen LogP contribution in [0.15, 0.2) is 22.6 Å². The van der Waals surface area contributed by atoms with Gasteiger partial charge in [-0.05, 0) is 44.2 Å². The van der Waals surface area contributed by atoms with Gasteiger partial charge < -0.3 is 10.1 Å². The van der Waals surface area contributed by atoms with E-state index < -0.39 is 5.97 Å². The number of carbonyl (C=O) groups is 2. The molecule has 0 radical (unpaired) electrons. The molecule has 0 saturated heterocycles. The second-order valence-electron chi connectivity index (χ2n) is 7.45. The number of allylic oxidation sites excluding steroid dienone is 1. The molecule has 3 aromatic rings. The Morgan fingerprint density at radius 1 is 1.31 bits per heavy atom. The summed E-state index contributed by atoms with van der Waals surface area (Å²) in [4.78, 5) is 45.6. The first kappa shape index (κ1) is 22.8. The number of hydrogen-bond acceptors (Lipinski definition) is 8. The van der Waals surface area contributed by atoms with Crippen LogP contribution in [0.25, 0.3) is 10.2 Å². The van der Waals surface area contributed by atoms with Crippen molar-refractivity contribution in [1.82, 2.24) is 9.55 Å². The van der Waals surface area contributed by atoms with E-state index in [1.807, 2.05) is 13.8 Å². The highest BCUT2D eigenvalue weighted by molar-refractivity contribution is 7.99. The molecule has 0 fully saturated rings. The van der Waals surface area contributed by atoms with Gasteiger partial charge in [-0.2, -0.15) is 0 Å². The van der Waals surface area contributed by atoms with Crippen LogP contribution < -0.4 is 10.9 Å². The molecule has 0 spiro atoms. The monoisotopic (exact) mass is 489 g/mol. The lowest BCUT2D eigenvalue weighted by molar-refractivity contribution is -0.113. The van der Waals surface area contributed by atoms with Gasteiger partial charge in [0.05, 0.1) is 23.8 Å². The summed E-state index contributed by atoms with van der Waals surface area (Å²) in [5.74, 6) is -0.637. The number of aromatic nitrogens is 2. The van der Waals surface area contributed by atoms with Crippen LogP contribution in [0.3, 0.4) is 0 Å². The maximum absolute atomic E-state index is 13.1. The highest BCUT2D eigenvalue weighted by Crippen LogP contribution is 2.39. The minimum absolute atomic E-state index is 0.0572. The maximum atomic E-state index is 13.1. The quantitative estimate of drug-likeness (QED) is 0.230. The number of ether oxygens (including phenoxy) is 1. The van der Waals surface area contributed by atoms with Crippen molar-refractivity contribution in [1.29, 1.82) is 0 Å². The molecular formula is C22H23N3O4S3. The number of thioether (sulfide) groups is 1. The van der Waals surface area contributed by atoms with Gasteiger partial charge in [0.15, 0.2) is 5.16 Å². The van der Waals surface area contributed by atoms with Gasteiger partial charge >= 0.3 is 5.97 Å². The molecule has 168 valence electrons. The van der Waals surface area contributed by atoms with Crippen molar-refractivity contribution in [2.75, 3.05) is 18.2 Å². The van der Waals surface area contributed by atoms with Crippen LogP contribution in [0.5, 0.6) is 0 Å². The zero-order valence-corrected chi connectivity index (χ0v) is 20.5. The van der Waals surface area contributed by atoms with Crippen molar-refractivity contribution in [3.05, 3.63) is 49.5 Å². The first-order valence-electron chi connectivity index (χ1n) is 10.1. The fraction of sp³-hybridized carbons (Fsp3) is 0.364. The molecule has 3 heterocycles. The van der Waals surface area contributed by atoms with Gasteiger partial charge in [0.25, 0.3) is 5.56 Å². The lowest BCUT2D eigenvalue weighted by Gasteiger charge is -2.11. The molecule has 0 bridgehead atoms. The highest BCUT2D eigenvalue weighted by atomic mass is 32.2. The Kier molecular flexibility index (Phi) is 6.55. The normalized spacial score (nSPS) is 12.7. The first-order chi connectivity index (χ1) is 15.3. The third kappa shape index (κ3) is 4.02. The molecule has 0 saturated carbocycles. The third-order valence-corrected chi connectivity index (χ3v) is 8.75. The topological polar surface area (TPSA) is 90.3 Å². The van der Waals surface area contributed by atoms with E-state index in [0.29, 0.717) is 32.5 Å². The highest BCUT2D eigenvalue weighted by Gasteiger charge is 2.28. The van der Waals surface area contributed by atoms with E-state index in [1.54, 1.807) is 10.6 Å². The standard InChI is InChI=1S/C22H23N3O4S3/c1-5-9-25-20(27)16-11(2)12(3)31-18(16)24-22(25)30-10-15(26)23-19-17(21(28)29-4)13-7-6-8-14(13)32-19/h5H,1,6-10H2,2-4H3,(H,23,26). The molecule has 4 rings (SSSR count). The number of fused-ring (bicyclic) bond motifs is 2. The maximum Gasteiger partial charge on any atom is 0.341 e. The van der Waals surface area contributed by atoms with Crippen LogP contribution in [-0.4, -0.2) is 34.3 Å². The number of rotatable bonds is 7. The second-order valence-corrected chi connectivity index (χ2v) is 10.7. The molecule has 0 aromatic carbocycles. The molecule has 0 unspecified atom stereocenters. The Labute approximate surface area is 197 Å². The molecular weight excluding hydrogens is 466 g/mol. The van der Waals surface area contributed by atoms with E-state index in [9.17, 15) is 14.4 Å². The van der Waals surface area contributed by atoms with Gasteiger partial charge in [-0.1, -0.05) is 17.8 Å². The Balaban J connectivity index is 1.58. The Morgan fingerprint density at radius 3 is 2.81 bits per heavy atom. The van der Waals surface area contributed by atoms with Gasteiger partial charge in [-0.15, -0.1) is 29.3 Å². The summed E-state index contributed by atoms with van der Waals surface area (Å²) in [5, 5.41) is 4.50. The molecule has 1 N–H and O–H groups in total. The molecule has 10 heteroatoms. The van der Waals surface area contributed by atoms with Crippen LogP contribution in [0, 0.1) is 13.8 Å². The fourth-order valence-corrected chi connectivity index (χ4v) is 6.98. The number of nitrogens with one attached hydrogen (secondary N) is 1. The number of nitrogens with zero attached hydrogens (tertiary/aromatic N) is 2. The summed E-state index contributed by atoms with van der Waals surface area (Å²) in [5.41, 5.74) is 2.27. The molecule has 1 aliphatic carbocycles. The summed E-state index contributed by atoms with van der Waals surface area (Å²) >= 11 is 4.11. The van der Waals surface area contributed by atoms with Crippen LogP contribution >= 0.6 is 34.4 Å².